The number of benzene rings is 2. The average molecular weight is 297 g/mol. The van der Waals surface area contributed by atoms with Gasteiger partial charge in [0, 0.05) is 0 Å². The molecule has 0 radical (unpaired) electrons. The van der Waals surface area contributed by atoms with Crippen molar-refractivity contribution in [3.8, 4) is 11.1 Å². The standard InChI is InChI=1S/C15H13.BrH.Mg/c1-15(2)13-9-5-3-7-11(13)12-8-4-6-10-14(12)15;;/h3-5,7-10H,1-2H3;1H;/q;;+1/p-1. The first-order valence-corrected chi connectivity index (χ1v) is 6.38. The fourth-order valence-electron chi connectivity index (χ4n) is 2.75. The summed E-state index contributed by atoms with van der Waals surface area (Å²) in [5.41, 5.74) is 5.91. The van der Waals surface area contributed by atoms with Crippen LogP contribution in [0.3, 0.4) is 0 Å². The molecule has 0 bridgehead atoms. The number of hydrogen-bond acceptors (Lipinski definition) is 0. The van der Waals surface area contributed by atoms with Crippen molar-refractivity contribution in [3.05, 3.63) is 53.6 Å². The Labute approximate surface area is 126 Å². The number of fused-ring (bicyclic) bond motifs is 3. The molecule has 0 atom stereocenters. The van der Waals surface area contributed by atoms with Gasteiger partial charge in [0.05, 0.1) is 0 Å². The van der Waals surface area contributed by atoms with Crippen LogP contribution in [0.15, 0.2) is 42.5 Å². The van der Waals surface area contributed by atoms with E-state index in [1.54, 1.807) is 0 Å². The van der Waals surface area contributed by atoms with Crippen LogP contribution in [0.2, 0.25) is 0 Å². The molecule has 17 heavy (non-hydrogen) atoms. The van der Waals surface area contributed by atoms with Gasteiger partial charge in [0.1, 0.15) is 0 Å². The van der Waals surface area contributed by atoms with Crippen LogP contribution in [0.25, 0.3) is 11.1 Å². The fraction of sp³-hybridized carbons (Fsp3) is 0.200. The van der Waals surface area contributed by atoms with Crippen LogP contribution in [-0.2, 0) is 5.41 Å². The second-order valence-corrected chi connectivity index (χ2v) is 5.87. The average Bonchev–Trinajstić information content (AvgIpc) is 2.49. The Balaban J connectivity index is 0.00000108. The van der Waals surface area contributed by atoms with Gasteiger partial charge in [-0.3, -0.25) is 0 Å². The Hall–Kier alpha value is -0.314. The predicted octanol–water partition coefficient (Wildman–Crippen LogP) is -0.209. The molecule has 0 heterocycles. The molecule has 0 fully saturated rings. The zero-order valence-corrected chi connectivity index (χ0v) is 13.1. The van der Waals surface area contributed by atoms with Crippen molar-refractivity contribution >= 4 is 25.4 Å². The topological polar surface area (TPSA) is 0 Å². The van der Waals surface area contributed by atoms with Gasteiger partial charge in [0.25, 0.3) is 0 Å². The zero-order chi connectivity index (χ0) is 11.3. The number of rotatable bonds is 0. The minimum Gasteiger partial charge on any atom is -1.00 e. The molecular formula is C15H13BrMg. The number of hydrogen-bond donors (Lipinski definition) is 0. The van der Waals surface area contributed by atoms with Crippen LogP contribution in [0, 0.1) is 0 Å². The Kier molecular flexibility index (Phi) is 3.41. The molecule has 0 unspecified atom stereocenters. The Bertz CT molecular complexity index is 573. The largest absolute Gasteiger partial charge is 1.00 e. The number of halogens is 1. The monoisotopic (exact) mass is 296 g/mol. The predicted molar refractivity (Wildman–Crippen MR) is 69.4 cm³/mol. The molecular weight excluding hydrogens is 284 g/mol. The zero-order valence-electron chi connectivity index (χ0n) is 10.1. The van der Waals surface area contributed by atoms with Crippen molar-refractivity contribution in [2.24, 2.45) is 0 Å². The van der Waals surface area contributed by atoms with Crippen molar-refractivity contribution in [2.75, 3.05) is 0 Å². The third kappa shape index (κ3) is 1.87. The van der Waals surface area contributed by atoms with Gasteiger partial charge >= 0.3 is 109 Å². The van der Waals surface area contributed by atoms with Crippen LogP contribution in [0.4, 0.5) is 0 Å². The Morgan fingerprint density at radius 3 is 2.29 bits per heavy atom. The summed E-state index contributed by atoms with van der Waals surface area (Å²) in [6.07, 6.45) is 0. The Morgan fingerprint density at radius 2 is 1.53 bits per heavy atom. The van der Waals surface area contributed by atoms with Gasteiger partial charge in [-0.1, -0.05) is 0 Å². The molecule has 82 valence electrons. The van der Waals surface area contributed by atoms with Gasteiger partial charge in [-0.15, -0.1) is 0 Å². The third-order valence-electron chi connectivity index (χ3n) is 3.65. The molecule has 0 amide bonds. The molecule has 1 aliphatic carbocycles. The molecule has 1 aliphatic rings. The van der Waals surface area contributed by atoms with E-state index in [0.717, 1.165) is 0 Å². The molecule has 0 spiro atoms. The van der Waals surface area contributed by atoms with E-state index in [0.29, 0.717) is 0 Å². The van der Waals surface area contributed by atoms with Crippen molar-refractivity contribution < 1.29 is 17.0 Å². The summed E-state index contributed by atoms with van der Waals surface area (Å²) < 4.78 is 1.37. The van der Waals surface area contributed by atoms with E-state index in [1.165, 1.54) is 25.9 Å². The van der Waals surface area contributed by atoms with E-state index in [4.69, 9.17) is 0 Å². The maximum absolute atomic E-state index is 2.34. The van der Waals surface area contributed by atoms with E-state index < -0.39 is 0 Å². The first-order valence-electron chi connectivity index (χ1n) is 5.67. The quantitative estimate of drug-likeness (QED) is 0.591. The van der Waals surface area contributed by atoms with E-state index >= 15 is 0 Å². The Morgan fingerprint density at radius 1 is 0.882 bits per heavy atom. The van der Waals surface area contributed by atoms with Gasteiger partial charge in [-0.05, 0) is 0 Å². The van der Waals surface area contributed by atoms with Gasteiger partial charge in [-0.2, -0.15) is 0 Å². The van der Waals surface area contributed by atoms with Crippen LogP contribution < -0.4 is 20.7 Å². The second kappa shape index (κ2) is 4.41. The first-order chi connectivity index (χ1) is 7.60. The maximum Gasteiger partial charge on any atom is -1.00 e. The summed E-state index contributed by atoms with van der Waals surface area (Å²) in [4.78, 5) is 0. The fourth-order valence-corrected chi connectivity index (χ4v) is 3.07. The molecule has 2 aromatic rings. The molecule has 0 nitrogen and oxygen atoms in total. The summed E-state index contributed by atoms with van der Waals surface area (Å²) in [5, 5.41) is 0. The van der Waals surface area contributed by atoms with Crippen molar-refractivity contribution in [3.63, 3.8) is 0 Å². The van der Waals surface area contributed by atoms with Gasteiger partial charge in [-0.25, -0.2) is 0 Å². The minimum absolute atomic E-state index is 0. The summed E-state index contributed by atoms with van der Waals surface area (Å²) in [6.45, 7) is 4.64. The normalized spacial score (nSPS) is 14.8. The van der Waals surface area contributed by atoms with Crippen LogP contribution in [-0.4, -0.2) is 21.7 Å². The first kappa shape index (κ1) is 13.1. The molecule has 0 aromatic heterocycles. The second-order valence-electron chi connectivity index (χ2n) is 5.05. The molecule has 2 aromatic carbocycles. The van der Waals surface area contributed by atoms with E-state index in [-0.39, 0.29) is 22.4 Å². The molecule has 0 N–H and O–H groups in total. The van der Waals surface area contributed by atoms with E-state index in [9.17, 15) is 0 Å². The molecule has 0 aliphatic heterocycles. The van der Waals surface area contributed by atoms with Gasteiger partial charge in [0.15, 0.2) is 0 Å². The minimum atomic E-state index is 0. The summed E-state index contributed by atoms with van der Waals surface area (Å²) in [6, 6.07) is 15.6. The molecule has 2 heteroatoms. The van der Waals surface area contributed by atoms with Crippen molar-refractivity contribution in [1.29, 1.82) is 0 Å². The summed E-state index contributed by atoms with van der Waals surface area (Å²) in [7, 11) is 0. The van der Waals surface area contributed by atoms with Crippen LogP contribution in [0.5, 0.6) is 0 Å². The van der Waals surface area contributed by atoms with Crippen molar-refractivity contribution in [1.82, 2.24) is 0 Å². The van der Waals surface area contributed by atoms with E-state index in [1.807, 2.05) is 21.7 Å². The SMILES string of the molecule is CC1(C)c2ccccc2-c2cc[c]([Mg+])cc21.[Br-]. The van der Waals surface area contributed by atoms with Crippen LogP contribution >= 0.6 is 0 Å². The summed E-state index contributed by atoms with van der Waals surface area (Å²) >= 11 is 1.96. The molecule has 3 rings (SSSR count). The van der Waals surface area contributed by atoms with Gasteiger partial charge < -0.3 is 17.0 Å². The van der Waals surface area contributed by atoms with E-state index in [2.05, 4.69) is 56.3 Å². The smallest absolute Gasteiger partial charge is 1.00 e. The van der Waals surface area contributed by atoms with Crippen molar-refractivity contribution in [2.45, 2.75) is 19.3 Å². The summed E-state index contributed by atoms with van der Waals surface area (Å²) in [5.74, 6) is 0. The van der Waals surface area contributed by atoms with Crippen LogP contribution in [0.1, 0.15) is 25.0 Å². The molecule has 0 saturated carbocycles. The molecule has 0 saturated heterocycles. The maximum atomic E-state index is 2.34. The third-order valence-corrected chi connectivity index (χ3v) is 4.09. The van der Waals surface area contributed by atoms with Gasteiger partial charge in [0.2, 0.25) is 0 Å².